The smallest absolute Gasteiger partial charge is 0.239 e. The van der Waals surface area contributed by atoms with Gasteiger partial charge in [-0.05, 0) is 31.7 Å². The summed E-state index contributed by atoms with van der Waals surface area (Å²) in [6.45, 7) is 4.82. The molecular weight excluding hydrogens is 234 g/mol. The maximum absolute atomic E-state index is 5.80. The fourth-order valence-corrected chi connectivity index (χ4v) is 1.97. The molecule has 0 saturated carbocycles. The van der Waals surface area contributed by atoms with Crippen LogP contribution in [-0.4, -0.2) is 29.6 Å². The number of rotatable bonds is 7. The highest BCUT2D eigenvalue weighted by Gasteiger charge is 2.06. The lowest BCUT2D eigenvalue weighted by Crippen LogP contribution is -2.18. The van der Waals surface area contributed by atoms with E-state index in [1.165, 1.54) is 0 Å². The minimum atomic E-state index is 0.375. The van der Waals surface area contributed by atoms with Gasteiger partial charge in [-0.25, -0.2) is 0 Å². The molecule has 1 unspecified atom stereocenters. The van der Waals surface area contributed by atoms with Gasteiger partial charge in [-0.15, -0.1) is 0 Å². The second-order valence-electron chi connectivity index (χ2n) is 3.94. The van der Waals surface area contributed by atoms with Crippen LogP contribution in [0, 0.1) is 0 Å². The Balaban J connectivity index is 2.67. The summed E-state index contributed by atoms with van der Waals surface area (Å²) in [7, 11) is 0. The van der Waals surface area contributed by atoms with Crippen LogP contribution in [0.3, 0.4) is 0 Å². The van der Waals surface area contributed by atoms with Crippen LogP contribution in [0.2, 0.25) is 0 Å². The molecule has 17 heavy (non-hydrogen) atoms. The Morgan fingerprint density at radius 3 is 2.94 bits per heavy atom. The van der Waals surface area contributed by atoms with Gasteiger partial charge in [0.25, 0.3) is 0 Å². The summed E-state index contributed by atoms with van der Waals surface area (Å²) in [4.78, 5) is 4.36. The molecule has 0 aromatic carbocycles. The number of nitrogens with zero attached hydrogens (tertiary/aromatic N) is 1. The number of anilines is 2. The minimum absolute atomic E-state index is 0.375. The van der Waals surface area contributed by atoms with Gasteiger partial charge in [-0.1, -0.05) is 6.92 Å². The van der Waals surface area contributed by atoms with Crippen molar-refractivity contribution in [2.75, 3.05) is 29.7 Å². The third-order valence-corrected chi connectivity index (χ3v) is 2.98. The molecule has 1 aromatic rings. The quantitative estimate of drug-likeness (QED) is 0.784. The molecular formula is C12H21N3OS. The minimum Gasteiger partial charge on any atom is -0.476 e. The summed E-state index contributed by atoms with van der Waals surface area (Å²) in [5, 5.41) is 3.32. The van der Waals surface area contributed by atoms with Crippen LogP contribution >= 0.6 is 11.8 Å². The Bertz CT molecular complexity index is 347. The van der Waals surface area contributed by atoms with Gasteiger partial charge in [0.1, 0.15) is 5.82 Å². The average Bonchev–Trinajstić information content (AvgIpc) is 2.30. The molecule has 0 saturated heterocycles. The molecule has 0 bridgehead atoms. The zero-order valence-corrected chi connectivity index (χ0v) is 11.5. The number of thioether (sulfide) groups is 1. The van der Waals surface area contributed by atoms with Crippen LogP contribution in [0.1, 0.15) is 20.3 Å². The largest absolute Gasteiger partial charge is 0.476 e. The van der Waals surface area contributed by atoms with Crippen LogP contribution in [-0.2, 0) is 0 Å². The van der Waals surface area contributed by atoms with Gasteiger partial charge in [0.15, 0.2) is 0 Å². The van der Waals surface area contributed by atoms with E-state index in [4.69, 9.17) is 10.5 Å². The molecule has 96 valence electrons. The van der Waals surface area contributed by atoms with E-state index >= 15 is 0 Å². The molecule has 1 rings (SSSR count). The van der Waals surface area contributed by atoms with Crippen molar-refractivity contribution in [1.29, 1.82) is 0 Å². The molecule has 0 aliphatic heterocycles. The number of nitrogen functional groups attached to an aromatic ring is 1. The Morgan fingerprint density at radius 2 is 2.29 bits per heavy atom. The van der Waals surface area contributed by atoms with Gasteiger partial charge in [-0.2, -0.15) is 16.7 Å². The molecule has 1 aromatic heterocycles. The zero-order valence-electron chi connectivity index (χ0n) is 10.7. The Morgan fingerprint density at radius 1 is 1.53 bits per heavy atom. The summed E-state index contributed by atoms with van der Waals surface area (Å²) in [6, 6.07) is 4.08. The lowest BCUT2D eigenvalue weighted by atomic mass is 10.3. The van der Waals surface area contributed by atoms with E-state index < -0.39 is 0 Å². The maximum atomic E-state index is 5.80. The number of aromatic nitrogens is 1. The number of nitrogens with one attached hydrogen (secondary N) is 1. The van der Waals surface area contributed by atoms with Crippen LogP contribution in [0.25, 0.3) is 0 Å². The van der Waals surface area contributed by atoms with E-state index in [1.807, 2.05) is 12.1 Å². The van der Waals surface area contributed by atoms with Crippen molar-refractivity contribution < 1.29 is 4.74 Å². The molecule has 0 aliphatic rings. The average molecular weight is 255 g/mol. The van der Waals surface area contributed by atoms with Crippen molar-refractivity contribution in [3.05, 3.63) is 12.1 Å². The van der Waals surface area contributed by atoms with E-state index in [1.54, 1.807) is 11.8 Å². The first-order valence-corrected chi connectivity index (χ1v) is 7.21. The molecule has 0 spiro atoms. The van der Waals surface area contributed by atoms with Crippen LogP contribution < -0.4 is 15.8 Å². The molecule has 1 atom stereocenters. The highest BCUT2D eigenvalue weighted by atomic mass is 32.2. The van der Waals surface area contributed by atoms with E-state index in [0.29, 0.717) is 24.2 Å². The van der Waals surface area contributed by atoms with Gasteiger partial charge in [0.05, 0.1) is 12.3 Å². The van der Waals surface area contributed by atoms with Crippen molar-refractivity contribution in [2.24, 2.45) is 0 Å². The summed E-state index contributed by atoms with van der Waals surface area (Å²) >= 11 is 1.80. The second-order valence-corrected chi connectivity index (χ2v) is 4.85. The first-order valence-electron chi connectivity index (χ1n) is 5.82. The van der Waals surface area contributed by atoms with Crippen molar-refractivity contribution >= 4 is 23.3 Å². The molecule has 0 aliphatic carbocycles. The number of hydrogen-bond acceptors (Lipinski definition) is 5. The van der Waals surface area contributed by atoms with Crippen molar-refractivity contribution in [3.63, 3.8) is 0 Å². The molecule has 4 nitrogen and oxygen atoms in total. The topological polar surface area (TPSA) is 60.2 Å². The molecule has 3 N–H and O–H groups in total. The van der Waals surface area contributed by atoms with Crippen LogP contribution in [0.4, 0.5) is 11.5 Å². The van der Waals surface area contributed by atoms with Crippen molar-refractivity contribution in [1.82, 2.24) is 4.98 Å². The fraction of sp³-hybridized carbons (Fsp3) is 0.583. The number of pyridine rings is 1. The summed E-state index contributed by atoms with van der Waals surface area (Å²) in [5.74, 6) is 2.37. The Labute approximate surface area is 107 Å². The van der Waals surface area contributed by atoms with E-state index in [2.05, 4.69) is 30.4 Å². The molecule has 0 fully saturated rings. The zero-order chi connectivity index (χ0) is 12.7. The van der Waals surface area contributed by atoms with E-state index in [-0.39, 0.29) is 0 Å². The third-order valence-electron chi connectivity index (χ3n) is 2.14. The normalized spacial score (nSPS) is 12.2. The van der Waals surface area contributed by atoms with Gasteiger partial charge < -0.3 is 15.8 Å². The second kappa shape index (κ2) is 7.27. The molecule has 1 heterocycles. The number of ether oxygens (including phenoxy) is 1. The Hall–Kier alpha value is -1.10. The summed E-state index contributed by atoms with van der Waals surface area (Å²) in [5.41, 5.74) is 6.39. The molecule has 0 radical (unpaired) electrons. The SMILES string of the molecule is CCCOc1nc(NC(C)CSC)ccc1N. The first kappa shape index (κ1) is 14.0. The lowest BCUT2D eigenvalue weighted by Gasteiger charge is -2.14. The van der Waals surface area contributed by atoms with Gasteiger partial charge in [-0.3, -0.25) is 0 Å². The monoisotopic (exact) mass is 255 g/mol. The lowest BCUT2D eigenvalue weighted by molar-refractivity contribution is 0.307. The van der Waals surface area contributed by atoms with Crippen LogP contribution in [0.15, 0.2) is 12.1 Å². The summed E-state index contributed by atoms with van der Waals surface area (Å²) < 4.78 is 5.49. The highest BCUT2D eigenvalue weighted by molar-refractivity contribution is 7.98. The van der Waals surface area contributed by atoms with Crippen LogP contribution in [0.5, 0.6) is 5.88 Å². The standard InChI is InChI=1S/C12H21N3OS/c1-4-7-16-12-10(13)5-6-11(15-12)14-9(2)8-17-3/h5-6,9H,4,7-8,13H2,1-3H3,(H,14,15). The predicted molar refractivity (Wildman–Crippen MR) is 75.9 cm³/mol. The summed E-state index contributed by atoms with van der Waals surface area (Å²) in [6.07, 6.45) is 3.03. The molecule has 0 amide bonds. The predicted octanol–water partition coefficient (Wildman–Crippen LogP) is 2.62. The third kappa shape index (κ3) is 4.73. The van der Waals surface area contributed by atoms with Gasteiger partial charge in [0, 0.05) is 11.8 Å². The Kier molecular flexibility index (Phi) is 5.97. The highest BCUT2D eigenvalue weighted by Crippen LogP contribution is 2.21. The van der Waals surface area contributed by atoms with E-state index in [0.717, 1.165) is 18.0 Å². The maximum Gasteiger partial charge on any atom is 0.239 e. The van der Waals surface area contributed by atoms with E-state index in [9.17, 15) is 0 Å². The number of nitrogens with two attached hydrogens (primary N) is 1. The first-order chi connectivity index (χ1) is 8.17. The van der Waals surface area contributed by atoms with Crippen molar-refractivity contribution in [3.8, 4) is 5.88 Å². The fourth-order valence-electron chi connectivity index (χ4n) is 1.39. The van der Waals surface area contributed by atoms with Crippen molar-refractivity contribution in [2.45, 2.75) is 26.3 Å². The number of hydrogen-bond donors (Lipinski definition) is 2. The molecule has 5 heteroatoms. The van der Waals surface area contributed by atoms with Gasteiger partial charge >= 0.3 is 0 Å². The van der Waals surface area contributed by atoms with Gasteiger partial charge in [0.2, 0.25) is 5.88 Å².